The number of piperidine rings is 1. The van der Waals surface area contributed by atoms with Crippen LogP contribution in [0.25, 0.3) is 5.69 Å². The maximum atomic E-state index is 12.7. The SMILES string of the molecule is Cc1cnc(C(O)N2CC3CC(Oc4cnc(C(F)(F)F)cn4)C2C3)c(-n2nccn2)c1. The molecular weight excluding hydrogens is 427 g/mol. The van der Waals surface area contributed by atoms with Gasteiger partial charge in [0.05, 0.1) is 24.8 Å². The summed E-state index contributed by atoms with van der Waals surface area (Å²) in [6, 6.07) is 1.71. The monoisotopic (exact) mass is 447 g/mol. The molecule has 0 amide bonds. The van der Waals surface area contributed by atoms with Crippen LogP contribution in [0, 0.1) is 12.8 Å². The molecule has 2 aliphatic rings. The second-order valence-corrected chi connectivity index (χ2v) is 8.10. The Labute approximate surface area is 180 Å². The van der Waals surface area contributed by atoms with Crippen LogP contribution in [0.5, 0.6) is 5.88 Å². The summed E-state index contributed by atoms with van der Waals surface area (Å²) in [6.45, 7) is 2.55. The third-order valence-corrected chi connectivity index (χ3v) is 5.88. The molecule has 4 unspecified atom stereocenters. The number of nitrogens with zero attached hydrogens (tertiary/aromatic N) is 7. The number of halogens is 3. The Morgan fingerprint density at radius 1 is 1.09 bits per heavy atom. The average Bonchev–Trinajstić information content (AvgIpc) is 3.50. The first-order chi connectivity index (χ1) is 15.3. The quantitative estimate of drug-likeness (QED) is 0.636. The van der Waals surface area contributed by atoms with Crippen molar-refractivity contribution >= 4 is 0 Å². The van der Waals surface area contributed by atoms with Gasteiger partial charge in [0.1, 0.15) is 17.5 Å². The van der Waals surface area contributed by atoms with Gasteiger partial charge in [-0.25, -0.2) is 9.97 Å². The van der Waals surface area contributed by atoms with Gasteiger partial charge in [0.15, 0.2) is 11.9 Å². The number of aryl methyl sites for hydroxylation is 1. The fourth-order valence-corrected chi connectivity index (χ4v) is 4.51. The van der Waals surface area contributed by atoms with E-state index in [1.54, 1.807) is 18.6 Å². The van der Waals surface area contributed by atoms with E-state index in [0.717, 1.165) is 24.6 Å². The number of alkyl halides is 3. The topological polar surface area (TPSA) is 102 Å². The summed E-state index contributed by atoms with van der Waals surface area (Å²) in [7, 11) is 0. The van der Waals surface area contributed by atoms with Crippen LogP contribution >= 0.6 is 0 Å². The van der Waals surface area contributed by atoms with E-state index in [4.69, 9.17) is 4.74 Å². The van der Waals surface area contributed by atoms with Gasteiger partial charge in [0, 0.05) is 18.8 Å². The summed E-state index contributed by atoms with van der Waals surface area (Å²) in [5.41, 5.74) is 0.835. The van der Waals surface area contributed by atoms with E-state index in [0.29, 0.717) is 30.0 Å². The van der Waals surface area contributed by atoms with Crippen LogP contribution in [0.1, 0.15) is 36.0 Å². The molecule has 9 nitrogen and oxygen atoms in total. The lowest BCUT2D eigenvalue weighted by Crippen LogP contribution is -2.46. The zero-order valence-corrected chi connectivity index (χ0v) is 17.0. The zero-order chi connectivity index (χ0) is 22.5. The second kappa shape index (κ2) is 7.78. The Morgan fingerprint density at radius 3 is 2.53 bits per heavy atom. The van der Waals surface area contributed by atoms with E-state index >= 15 is 0 Å². The van der Waals surface area contributed by atoms with Crippen molar-refractivity contribution < 1.29 is 23.0 Å². The molecule has 168 valence electrons. The summed E-state index contributed by atoms with van der Waals surface area (Å²) >= 11 is 0. The molecule has 0 spiro atoms. The molecule has 1 aliphatic carbocycles. The largest absolute Gasteiger partial charge is 0.472 e. The molecule has 0 aromatic carbocycles. The Morgan fingerprint density at radius 2 is 1.88 bits per heavy atom. The fraction of sp³-hybridized carbons (Fsp3) is 0.450. The van der Waals surface area contributed by atoms with Gasteiger partial charge >= 0.3 is 6.18 Å². The number of likely N-dealkylation sites (tertiary alicyclic amines) is 1. The molecule has 2 bridgehead atoms. The van der Waals surface area contributed by atoms with E-state index in [2.05, 4.69) is 25.1 Å². The number of aliphatic hydroxyl groups is 1. The third kappa shape index (κ3) is 3.79. The van der Waals surface area contributed by atoms with E-state index in [1.807, 2.05) is 17.9 Å². The number of rotatable bonds is 5. The molecule has 32 heavy (non-hydrogen) atoms. The molecule has 5 rings (SSSR count). The first-order valence-electron chi connectivity index (χ1n) is 10.1. The van der Waals surface area contributed by atoms with E-state index in [-0.39, 0.29) is 18.0 Å². The van der Waals surface area contributed by atoms with E-state index in [1.165, 1.54) is 4.80 Å². The Balaban J connectivity index is 1.35. The number of pyridine rings is 1. The lowest BCUT2D eigenvalue weighted by Gasteiger charge is -2.36. The van der Waals surface area contributed by atoms with Crippen LogP contribution in [0.4, 0.5) is 13.2 Å². The Kier molecular flexibility index (Phi) is 5.05. The summed E-state index contributed by atoms with van der Waals surface area (Å²) < 4.78 is 44.0. The van der Waals surface area contributed by atoms with Crippen molar-refractivity contribution in [2.24, 2.45) is 5.92 Å². The van der Waals surface area contributed by atoms with Gasteiger partial charge < -0.3 is 9.84 Å². The first-order valence-corrected chi connectivity index (χ1v) is 10.1. The minimum atomic E-state index is -4.55. The number of aliphatic hydroxyl groups excluding tert-OH is 1. The van der Waals surface area contributed by atoms with Gasteiger partial charge in [-0.1, -0.05) is 0 Å². The van der Waals surface area contributed by atoms with Crippen LogP contribution in [0.3, 0.4) is 0 Å². The van der Waals surface area contributed by atoms with Crippen LogP contribution in [-0.2, 0) is 6.18 Å². The van der Waals surface area contributed by atoms with Crippen molar-refractivity contribution in [1.82, 2.24) is 34.8 Å². The minimum Gasteiger partial charge on any atom is -0.472 e. The molecule has 12 heteroatoms. The smallest absolute Gasteiger partial charge is 0.434 e. The molecule has 1 saturated heterocycles. The van der Waals surface area contributed by atoms with Gasteiger partial charge in [0.25, 0.3) is 0 Å². The number of hydrogen-bond donors (Lipinski definition) is 1. The molecule has 3 aromatic heterocycles. The van der Waals surface area contributed by atoms with Crippen LogP contribution in [0.2, 0.25) is 0 Å². The van der Waals surface area contributed by atoms with Gasteiger partial charge in [-0.3, -0.25) is 9.88 Å². The predicted molar refractivity (Wildman–Crippen MR) is 104 cm³/mol. The van der Waals surface area contributed by atoms with Crippen molar-refractivity contribution in [1.29, 1.82) is 0 Å². The highest BCUT2D eigenvalue weighted by Crippen LogP contribution is 2.43. The summed E-state index contributed by atoms with van der Waals surface area (Å²) in [6.07, 6.45) is 2.04. The first kappa shape index (κ1) is 20.8. The molecule has 0 radical (unpaired) electrons. The standard InChI is InChI=1S/C20H20F3N7O2/c1-11-4-14(30-27-2-3-28-30)18(26-7-11)19(31)29-10-12-5-13(29)15(6-12)32-17-9-24-16(8-25-17)20(21,22)23/h2-4,7-9,12-13,15,19,31H,5-6,10H2,1H3. The normalized spacial score (nSPS) is 24.1. The number of ether oxygens (including phenoxy) is 1. The summed E-state index contributed by atoms with van der Waals surface area (Å²) in [5, 5.41) is 19.5. The lowest BCUT2D eigenvalue weighted by molar-refractivity contribution is -0.141. The van der Waals surface area contributed by atoms with Crippen molar-refractivity contribution in [3.63, 3.8) is 0 Å². The van der Waals surface area contributed by atoms with Gasteiger partial charge in [-0.15, -0.1) is 4.80 Å². The van der Waals surface area contributed by atoms with E-state index in [9.17, 15) is 18.3 Å². The predicted octanol–water partition coefficient (Wildman–Crippen LogP) is 2.31. The molecule has 2 fully saturated rings. The second-order valence-electron chi connectivity index (χ2n) is 8.10. The number of fused-ring (bicyclic) bond motifs is 2. The van der Waals surface area contributed by atoms with Gasteiger partial charge in [0.2, 0.25) is 5.88 Å². The molecule has 1 aliphatic heterocycles. The maximum Gasteiger partial charge on any atom is 0.434 e. The van der Waals surface area contributed by atoms with Crippen molar-refractivity contribution in [3.05, 3.63) is 54.0 Å². The highest BCUT2D eigenvalue weighted by molar-refractivity contribution is 5.38. The summed E-state index contributed by atoms with van der Waals surface area (Å²) in [5.74, 6) is 0.318. The molecular formula is C20H20F3N7O2. The maximum absolute atomic E-state index is 12.7. The average molecular weight is 447 g/mol. The van der Waals surface area contributed by atoms with Gasteiger partial charge in [-0.05, 0) is 37.3 Å². The fourth-order valence-electron chi connectivity index (χ4n) is 4.51. The number of aromatic nitrogens is 6. The highest BCUT2D eigenvalue weighted by atomic mass is 19.4. The van der Waals surface area contributed by atoms with Crippen molar-refractivity contribution in [2.75, 3.05) is 6.54 Å². The van der Waals surface area contributed by atoms with Crippen LogP contribution in [0.15, 0.2) is 37.1 Å². The van der Waals surface area contributed by atoms with Crippen LogP contribution < -0.4 is 4.74 Å². The molecule has 1 N–H and O–H groups in total. The molecule has 3 aromatic rings. The van der Waals surface area contributed by atoms with Crippen molar-refractivity contribution in [3.8, 4) is 11.6 Å². The van der Waals surface area contributed by atoms with E-state index < -0.39 is 18.1 Å². The molecule has 4 heterocycles. The highest BCUT2D eigenvalue weighted by Gasteiger charge is 2.49. The molecule has 1 saturated carbocycles. The lowest BCUT2D eigenvalue weighted by atomic mass is 10.1. The zero-order valence-electron chi connectivity index (χ0n) is 17.0. The van der Waals surface area contributed by atoms with Gasteiger partial charge in [-0.2, -0.15) is 23.4 Å². The summed E-state index contributed by atoms with van der Waals surface area (Å²) in [4.78, 5) is 14.9. The Bertz CT molecular complexity index is 1090. The third-order valence-electron chi connectivity index (χ3n) is 5.88. The minimum absolute atomic E-state index is 0.0277. The van der Waals surface area contributed by atoms with Crippen molar-refractivity contribution in [2.45, 2.75) is 44.3 Å². The Hall–Kier alpha value is -3.12. The van der Waals surface area contributed by atoms with Crippen LogP contribution in [-0.4, -0.2) is 58.6 Å². The molecule has 4 atom stereocenters. The number of hydrogen-bond acceptors (Lipinski definition) is 8.